The molecule has 1 heterocycles. The van der Waals surface area contributed by atoms with Gasteiger partial charge in [0.15, 0.2) is 11.5 Å². The third-order valence-corrected chi connectivity index (χ3v) is 2.86. The minimum absolute atomic E-state index is 0.0228. The summed E-state index contributed by atoms with van der Waals surface area (Å²) in [5.41, 5.74) is 0.983. The van der Waals surface area contributed by atoms with Crippen molar-refractivity contribution in [2.45, 2.75) is 19.3 Å². The molecule has 0 fully saturated rings. The first-order chi connectivity index (χ1) is 7.72. The van der Waals surface area contributed by atoms with E-state index in [4.69, 9.17) is 27.5 Å². The lowest BCUT2D eigenvalue weighted by Gasteiger charge is -2.12. The fourth-order valence-corrected chi connectivity index (χ4v) is 1.87. The van der Waals surface area contributed by atoms with Crippen LogP contribution in [0.5, 0.6) is 11.5 Å². The minimum atomic E-state index is 0.0228. The standard InChI is InChI=1S/C13H13ClO2/c1-3-9(2)10-7-11(14)13-12(8-10)15-5-4-6-16-13/h1,7-9H,4-6H2,2H3. The fourth-order valence-electron chi connectivity index (χ4n) is 1.60. The second-order valence-corrected chi connectivity index (χ2v) is 4.18. The topological polar surface area (TPSA) is 18.5 Å². The van der Waals surface area contributed by atoms with Gasteiger partial charge in [0.25, 0.3) is 0 Å². The van der Waals surface area contributed by atoms with Crippen LogP contribution < -0.4 is 9.47 Å². The van der Waals surface area contributed by atoms with Crippen molar-refractivity contribution >= 4 is 11.6 Å². The molecule has 0 saturated carbocycles. The van der Waals surface area contributed by atoms with Gasteiger partial charge < -0.3 is 9.47 Å². The molecule has 1 unspecified atom stereocenters. The summed E-state index contributed by atoms with van der Waals surface area (Å²) in [6.45, 7) is 3.24. The summed E-state index contributed by atoms with van der Waals surface area (Å²) < 4.78 is 11.1. The summed E-state index contributed by atoms with van der Waals surface area (Å²) >= 11 is 6.15. The van der Waals surface area contributed by atoms with Crippen LogP contribution in [-0.2, 0) is 0 Å². The van der Waals surface area contributed by atoms with Crippen molar-refractivity contribution < 1.29 is 9.47 Å². The maximum absolute atomic E-state index is 6.15. The van der Waals surface area contributed by atoms with E-state index in [1.165, 1.54) is 0 Å². The van der Waals surface area contributed by atoms with Crippen LogP contribution in [0.2, 0.25) is 5.02 Å². The average Bonchev–Trinajstić information content (AvgIpc) is 2.53. The van der Waals surface area contributed by atoms with Gasteiger partial charge in [-0.15, -0.1) is 6.42 Å². The Labute approximate surface area is 101 Å². The van der Waals surface area contributed by atoms with Crippen LogP contribution in [-0.4, -0.2) is 13.2 Å². The highest BCUT2D eigenvalue weighted by Crippen LogP contribution is 2.39. The largest absolute Gasteiger partial charge is 0.489 e. The number of terminal acetylenes is 1. The molecule has 0 spiro atoms. The Bertz CT molecular complexity index is 434. The van der Waals surface area contributed by atoms with E-state index in [0.29, 0.717) is 29.7 Å². The molecule has 0 bridgehead atoms. The molecule has 1 aliphatic rings. The van der Waals surface area contributed by atoms with Crippen molar-refractivity contribution in [1.29, 1.82) is 0 Å². The van der Waals surface area contributed by atoms with Crippen molar-refractivity contribution in [2.75, 3.05) is 13.2 Å². The van der Waals surface area contributed by atoms with Crippen LogP contribution in [0.1, 0.15) is 24.8 Å². The molecular weight excluding hydrogens is 224 g/mol. The summed E-state index contributed by atoms with van der Waals surface area (Å²) in [5, 5.41) is 0.566. The molecule has 16 heavy (non-hydrogen) atoms. The molecule has 0 radical (unpaired) electrons. The van der Waals surface area contributed by atoms with Crippen LogP contribution in [0.3, 0.4) is 0 Å². The average molecular weight is 237 g/mol. The van der Waals surface area contributed by atoms with E-state index in [2.05, 4.69) is 5.92 Å². The predicted octanol–water partition coefficient (Wildman–Crippen LogP) is 3.24. The second kappa shape index (κ2) is 4.67. The molecule has 3 heteroatoms. The molecule has 1 aliphatic heterocycles. The van der Waals surface area contributed by atoms with Crippen LogP contribution in [0.25, 0.3) is 0 Å². The smallest absolute Gasteiger partial charge is 0.179 e. The summed E-state index contributed by atoms with van der Waals surface area (Å²) in [7, 11) is 0. The molecule has 0 aromatic heterocycles. The van der Waals surface area contributed by atoms with Crippen molar-refractivity contribution in [3.63, 3.8) is 0 Å². The summed E-state index contributed by atoms with van der Waals surface area (Å²) in [6.07, 6.45) is 6.26. The summed E-state index contributed by atoms with van der Waals surface area (Å²) in [4.78, 5) is 0. The van der Waals surface area contributed by atoms with Crippen LogP contribution in [0.4, 0.5) is 0 Å². The van der Waals surface area contributed by atoms with E-state index in [1.54, 1.807) is 0 Å². The molecule has 84 valence electrons. The van der Waals surface area contributed by atoms with Gasteiger partial charge in [0.2, 0.25) is 0 Å². The van der Waals surface area contributed by atoms with Crippen molar-refractivity contribution in [2.24, 2.45) is 0 Å². The highest BCUT2D eigenvalue weighted by Gasteiger charge is 2.16. The molecule has 1 aromatic rings. The van der Waals surface area contributed by atoms with E-state index in [0.717, 1.165) is 12.0 Å². The predicted molar refractivity (Wildman–Crippen MR) is 64.3 cm³/mol. The zero-order chi connectivity index (χ0) is 11.5. The summed E-state index contributed by atoms with van der Waals surface area (Å²) in [6, 6.07) is 3.76. The molecule has 1 atom stereocenters. The van der Waals surface area contributed by atoms with Gasteiger partial charge in [0.05, 0.1) is 18.2 Å². The van der Waals surface area contributed by atoms with E-state index in [9.17, 15) is 0 Å². The van der Waals surface area contributed by atoms with E-state index < -0.39 is 0 Å². The fraction of sp³-hybridized carbons (Fsp3) is 0.385. The monoisotopic (exact) mass is 236 g/mol. The quantitative estimate of drug-likeness (QED) is 0.697. The lowest BCUT2D eigenvalue weighted by molar-refractivity contribution is 0.297. The normalized spacial score (nSPS) is 16.1. The zero-order valence-corrected chi connectivity index (χ0v) is 9.88. The van der Waals surface area contributed by atoms with Crippen LogP contribution >= 0.6 is 11.6 Å². The van der Waals surface area contributed by atoms with Gasteiger partial charge in [0, 0.05) is 12.3 Å². The highest BCUT2D eigenvalue weighted by atomic mass is 35.5. The van der Waals surface area contributed by atoms with Gasteiger partial charge in [-0.3, -0.25) is 0 Å². The number of fused-ring (bicyclic) bond motifs is 1. The third-order valence-electron chi connectivity index (χ3n) is 2.57. The number of ether oxygens (including phenoxy) is 2. The minimum Gasteiger partial charge on any atom is -0.489 e. The number of hydrogen-bond acceptors (Lipinski definition) is 2. The van der Waals surface area contributed by atoms with E-state index in [-0.39, 0.29) is 5.92 Å². The third kappa shape index (κ3) is 2.10. The molecule has 0 N–H and O–H groups in total. The van der Waals surface area contributed by atoms with Gasteiger partial charge >= 0.3 is 0 Å². The lowest BCUT2D eigenvalue weighted by Crippen LogP contribution is -1.97. The number of halogens is 1. The zero-order valence-electron chi connectivity index (χ0n) is 9.13. The maximum Gasteiger partial charge on any atom is 0.179 e. The van der Waals surface area contributed by atoms with Crippen molar-refractivity contribution in [3.05, 3.63) is 22.7 Å². The number of rotatable bonds is 1. The Balaban J connectivity index is 2.44. The molecule has 2 nitrogen and oxygen atoms in total. The molecule has 0 amide bonds. The molecule has 1 aromatic carbocycles. The Morgan fingerprint density at radius 1 is 1.38 bits per heavy atom. The molecule has 0 saturated heterocycles. The number of benzene rings is 1. The maximum atomic E-state index is 6.15. The Kier molecular flexibility index (Phi) is 3.26. The molecule has 0 aliphatic carbocycles. The van der Waals surface area contributed by atoms with Crippen molar-refractivity contribution in [3.8, 4) is 23.8 Å². The Morgan fingerprint density at radius 3 is 2.88 bits per heavy atom. The molecule has 2 rings (SSSR count). The highest BCUT2D eigenvalue weighted by molar-refractivity contribution is 6.32. The molecular formula is C13H13ClO2. The lowest BCUT2D eigenvalue weighted by atomic mass is 10.0. The van der Waals surface area contributed by atoms with Gasteiger partial charge in [-0.1, -0.05) is 17.5 Å². The van der Waals surface area contributed by atoms with Gasteiger partial charge in [-0.05, 0) is 24.6 Å². The van der Waals surface area contributed by atoms with Crippen molar-refractivity contribution in [1.82, 2.24) is 0 Å². The second-order valence-electron chi connectivity index (χ2n) is 3.77. The van der Waals surface area contributed by atoms with Crippen LogP contribution in [0, 0.1) is 12.3 Å². The number of hydrogen-bond donors (Lipinski definition) is 0. The first-order valence-corrected chi connectivity index (χ1v) is 5.65. The first-order valence-electron chi connectivity index (χ1n) is 5.27. The van der Waals surface area contributed by atoms with Gasteiger partial charge in [0.1, 0.15) is 0 Å². The van der Waals surface area contributed by atoms with Gasteiger partial charge in [-0.25, -0.2) is 0 Å². The van der Waals surface area contributed by atoms with E-state index in [1.807, 2.05) is 19.1 Å². The Morgan fingerprint density at radius 2 is 2.12 bits per heavy atom. The van der Waals surface area contributed by atoms with E-state index >= 15 is 0 Å². The first kappa shape index (κ1) is 11.2. The summed E-state index contributed by atoms with van der Waals surface area (Å²) in [5.74, 6) is 4.03. The van der Waals surface area contributed by atoms with Crippen LogP contribution in [0.15, 0.2) is 12.1 Å². The van der Waals surface area contributed by atoms with Gasteiger partial charge in [-0.2, -0.15) is 0 Å². The SMILES string of the molecule is C#CC(C)c1cc(Cl)c2c(c1)OCCCO2. The Hall–Kier alpha value is -1.33.